The lowest BCUT2D eigenvalue weighted by atomic mass is 10.1. The number of esters is 1. The number of hydrogen-bond donors (Lipinski definition) is 1. The fourth-order valence-corrected chi connectivity index (χ4v) is 2.80. The van der Waals surface area contributed by atoms with Gasteiger partial charge in [0.25, 0.3) is 0 Å². The normalized spacial score (nSPS) is 17.7. The quantitative estimate of drug-likeness (QED) is 0.757. The van der Waals surface area contributed by atoms with Gasteiger partial charge in [-0.05, 0) is 31.2 Å². The molecule has 25 heavy (non-hydrogen) atoms. The summed E-state index contributed by atoms with van der Waals surface area (Å²) in [4.78, 5) is 39.5. The van der Waals surface area contributed by atoms with Crippen LogP contribution >= 0.6 is 0 Å². The third-order valence-corrected chi connectivity index (χ3v) is 4.12. The molecular formula is C17H22FN3O4. The lowest BCUT2D eigenvalue weighted by molar-refractivity contribution is -0.146. The second kappa shape index (κ2) is 8.57. The monoisotopic (exact) mass is 351 g/mol. The molecule has 1 aliphatic heterocycles. The van der Waals surface area contributed by atoms with E-state index >= 15 is 0 Å². The fraction of sp³-hybridized carbons (Fsp3) is 0.471. The highest BCUT2D eigenvalue weighted by Gasteiger charge is 2.33. The molecule has 2 rings (SSSR count). The van der Waals surface area contributed by atoms with Gasteiger partial charge in [-0.1, -0.05) is 0 Å². The summed E-state index contributed by atoms with van der Waals surface area (Å²) in [7, 11) is 1.26. The van der Waals surface area contributed by atoms with E-state index in [-0.39, 0.29) is 30.6 Å². The van der Waals surface area contributed by atoms with Crippen LogP contribution in [0.5, 0.6) is 0 Å². The molecule has 1 saturated heterocycles. The molecule has 1 aromatic carbocycles. The number of benzene rings is 1. The molecule has 136 valence electrons. The molecule has 1 N–H and O–H groups in total. The topological polar surface area (TPSA) is 79.0 Å². The Bertz CT molecular complexity index is 635. The van der Waals surface area contributed by atoms with Gasteiger partial charge in [0, 0.05) is 25.3 Å². The molecule has 1 aliphatic rings. The number of hydrogen-bond acceptors (Lipinski definition) is 5. The van der Waals surface area contributed by atoms with Crippen LogP contribution < -0.4 is 10.2 Å². The summed E-state index contributed by atoms with van der Waals surface area (Å²) in [6.07, 6.45) is -0.113. The Morgan fingerprint density at radius 2 is 2.04 bits per heavy atom. The summed E-state index contributed by atoms with van der Waals surface area (Å²) in [5.74, 6) is -1.41. The smallest absolute Gasteiger partial charge is 0.307 e. The number of carbonyl (C=O) groups is 3. The van der Waals surface area contributed by atoms with Crippen molar-refractivity contribution in [2.24, 2.45) is 0 Å². The summed E-state index contributed by atoms with van der Waals surface area (Å²) < 4.78 is 17.7. The zero-order valence-electron chi connectivity index (χ0n) is 14.3. The highest BCUT2D eigenvalue weighted by atomic mass is 19.1. The van der Waals surface area contributed by atoms with Gasteiger partial charge in [0.15, 0.2) is 0 Å². The minimum Gasteiger partial charge on any atom is -0.469 e. The second-order valence-corrected chi connectivity index (χ2v) is 5.67. The van der Waals surface area contributed by atoms with Crippen molar-refractivity contribution >= 4 is 23.5 Å². The van der Waals surface area contributed by atoms with Crippen molar-refractivity contribution in [3.05, 3.63) is 30.1 Å². The Morgan fingerprint density at radius 1 is 1.36 bits per heavy atom. The second-order valence-electron chi connectivity index (χ2n) is 5.67. The summed E-state index contributed by atoms with van der Waals surface area (Å²) in [6, 6.07) is 4.91. The molecule has 0 aromatic heterocycles. The highest BCUT2D eigenvalue weighted by Crippen LogP contribution is 2.17. The van der Waals surface area contributed by atoms with E-state index in [0.29, 0.717) is 25.3 Å². The first kappa shape index (κ1) is 18.9. The first-order valence-electron chi connectivity index (χ1n) is 8.10. The molecule has 1 heterocycles. The average Bonchev–Trinajstić information content (AvgIpc) is 2.60. The Labute approximate surface area is 145 Å². The van der Waals surface area contributed by atoms with E-state index < -0.39 is 12.0 Å². The van der Waals surface area contributed by atoms with Crippen LogP contribution in [0, 0.1) is 5.82 Å². The summed E-state index contributed by atoms with van der Waals surface area (Å²) >= 11 is 0. The molecule has 1 fully saturated rings. The SMILES string of the molecule is CCN(C(=O)CN1CCNC(=O)C1CC(=O)OC)c1ccc(F)cc1. The summed E-state index contributed by atoms with van der Waals surface area (Å²) in [6.45, 7) is 3.08. The number of anilines is 1. The molecule has 2 amide bonds. The number of piperazine rings is 1. The molecule has 1 atom stereocenters. The largest absolute Gasteiger partial charge is 0.469 e. The van der Waals surface area contributed by atoms with Crippen LogP contribution in [0.3, 0.4) is 0 Å². The van der Waals surface area contributed by atoms with Gasteiger partial charge in [0.2, 0.25) is 11.8 Å². The van der Waals surface area contributed by atoms with Crippen LogP contribution in [0.2, 0.25) is 0 Å². The van der Waals surface area contributed by atoms with E-state index in [9.17, 15) is 18.8 Å². The van der Waals surface area contributed by atoms with Gasteiger partial charge in [-0.2, -0.15) is 0 Å². The number of rotatable bonds is 6. The number of halogens is 1. The lowest BCUT2D eigenvalue weighted by Gasteiger charge is -2.35. The van der Waals surface area contributed by atoms with Crippen molar-refractivity contribution < 1.29 is 23.5 Å². The van der Waals surface area contributed by atoms with Gasteiger partial charge in [-0.15, -0.1) is 0 Å². The van der Waals surface area contributed by atoms with Crippen LogP contribution in [0.15, 0.2) is 24.3 Å². The van der Waals surface area contributed by atoms with Crippen molar-refractivity contribution in [3.8, 4) is 0 Å². The first-order chi connectivity index (χ1) is 12.0. The molecule has 8 heteroatoms. The van der Waals surface area contributed by atoms with E-state index in [4.69, 9.17) is 0 Å². The number of carbonyl (C=O) groups excluding carboxylic acids is 3. The summed E-state index contributed by atoms with van der Waals surface area (Å²) in [5, 5.41) is 2.69. The lowest BCUT2D eigenvalue weighted by Crippen LogP contribution is -2.58. The van der Waals surface area contributed by atoms with Gasteiger partial charge >= 0.3 is 5.97 Å². The third kappa shape index (κ3) is 4.76. The molecule has 0 radical (unpaired) electrons. The van der Waals surface area contributed by atoms with Crippen molar-refractivity contribution in [2.45, 2.75) is 19.4 Å². The summed E-state index contributed by atoms with van der Waals surface area (Å²) in [5.41, 5.74) is 0.583. The number of nitrogens with zero attached hydrogens (tertiary/aromatic N) is 2. The fourth-order valence-electron chi connectivity index (χ4n) is 2.80. The Morgan fingerprint density at radius 3 is 2.64 bits per heavy atom. The van der Waals surface area contributed by atoms with Crippen LogP contribution in [0.4, 0.5) is 10.1 Å². The standard InChI is InChI=1S/C17H22FN3O4/c1-3-21(13-6-4-12(18)5-7-13)15(22)11-20-9-8-19-17(24)14(20)10-16(23)25-2/h4-7,14H,3,8-11H2,1-2H3,(H,19,24). The molecule has 7 nitrogen and oxygen atoms in total. The van der Waals surface area contributed by atoms with E-state index in [1.54, 1.807) is 4.90 Å². The van der Waals surface area contributed by atoms with Gasteiger partial charge < -0.3 is 15.0 Å². The number of nitrogens with one attached hydrogen (secondary N) is 1. The van der Waals surface area contributed by atoms with Crippen molar-refractivity contribution in [1.29, 1.82) is 0 Å². The first-order valence-corrected chi connectivity index (χ1v) is 8.10. The molecule has 0 saturated carbocycles. The average molecular weight is 351 g/mol. The Kier molecular flexibility index (Phi) is 6.46. The predicted molar refractivity (Wildman–Crippen MR) is 89.4 cm³/mol. The minimum absolute atomic E-state index is 0.0136. The zero-order valence-corrected chi connectivity index (χ0v) is 14.3. The third-order valence-electron chi connectivity index (χ3n) is 4.12. The number of amides is 2. The van der Waals surface area contributed by atoms with Gasteiger partial charge in [0.05, 0.1) is 20.1 Å². The Balaban J connectivity index is 2.10. The zero-order chi connectivity index (χ0) is 18.4. The number of ether oxygens (including phenoxy) is 1. The van der Waals surface area contributed by atoms with Crippen molar-refractivity contribution in [2.75, 3.05) is 38.2 Å². The van der Waals surface area contributed by atoms with E-state index in [0.717, 1.165) is 0 Å². The molecule has 1 unspecified atom stereocenters. The van der Waals surface area contributed by atoms with Crippen LogP contribution in [-0.2, 0) is 19.1 Å². The van der Waals surface area contributed by atoms with E-state index in [1.807, 2.05) is 6.92 Å². The molecular weight excluding hydrogens is 329 g/mol. The maximum Gasteiger partial charge on any atom is 0.307 e. The minimum atomic E-state index is -0.739. The number of likely N-dealkylation sites (N-methyl/N-ethyl adjacent to an activating group) is 1. The highest BCUT2D eigenvalue weighted by molar-refractivity contribution is 5.95. The van der Waals surface area contributed by atoms with Crippen LogP contribution in [0.25, 0.3) is 0 Å². The van der Waals surface area contributed by atoms with Crippen molar-refractivity contribution in [1.82, 2.24) is 10.2 Å². The van der Waals surface area contributed by atoms with Crippen LogP contribution in [0.1, 0.15) is 13.3 Å². The van der Waals surface area contributed by atoms with E-state index in [2.05, 4.69) is 10.1 Å². The van der Waals surface area contributed by atoms with Gasteiger partial charge in [-0.3, -0.25) is 19.3 Å². The van der Waals surface area contributed by atoms with Crippen LogP contribution in [-0.4, -0.2) is 62.0 Å². The van der Waals surface area contributed by atoms with Gasteiger partial charge in [-0.25, -0.2) is 4.39 Å². The molecule has 1 aromatic rings. The maximum absolute atomic E-state index is 13.1. The molecule has 0 aliphatic carbocycles. The molecule has 0 spiro atoms. The molecule has 0 bridgehead atoms. The Hall–Kier alpha value is -2.48. The van der Waals surface area contributed by atoms with E-state index in [1.165, 1.54) is 36.3 Å². The predicted octanol–water partition coefficient (Wildman–Crippen LogP) is 0.542. The van der Waals surface area contributed by atoms with Crippen molar-refractivity contribution in [3.63, 3.8) is 0 Å². The van der Waals surface area contributed by atoms with Gasteiger partial charge in [0.1, 0.15) is 11.9 Å². The maximum atomic E-state index is 13.1. The number of methoxy groups -OCH3 is 1.